The van der Waals surface area contributed by atoms with Gasteiger partial charge in [-0.2, -0.15) is 0 Å². The van der Waals surface area contributed by atoms with E-state index in [0.717, 1.165) is 25.5 Å². The van der Waals surface area contributed by atoms with Crippen molar-refractivity contribution in [1.29, 1.82) is 0 Å². The van der Waals surface area contributed by atoms with Crippen molar-refractivity contribution in [2.45, 2.75) is 46.3 Å². The Hall–Kier alpha value is -0.810. The molecule has 0 aliphatic carbocycles. The van der Waals surface area contributed by atoms with Crippen LogP contribution in [0, 0.1) is 5.41 Å². The Morgan fingerprint density at radius 3 is 2.63 bits per heavy atom. The highest BCUT2D eigenvalue weighted by Gasteiger charge is 2.26. The van der Waals surface area contributed by atoms with E-state index in [1.54, 1.807) is 7.11 Å². The van der Waals surface area contributed by atoms with Gasteiger partial charge in [-0.15, -0.1) is 0 Å². The fourth-order valence-electron chi connectivity index (χ4n) is 2.23. The zero-order valence-corrected chi connectivity index (χ0v) is 12.9. The van der Waals surface area contributed by atoms with E-state index in [0.29, 0.717) is 13.1 Å². The van der Waals surface area contributed by atoms with Crippen molar-refractivity contribution in [3.63, 3.8) is 0 Å². The lowest BCUT2D eigenvalue weighted by molar-refractivity contribution is 0.0240. The van der Waals surface area contributed by atoms with Crippen molar-refractivity contribution < 1.29 is 9.84 Å². The number of hydrogen-bond donors (Lipinski definition) is 2. The summed E-state index contributed by atoms with van der Waals surface area (Å²) in [6.45, 7) is 11.5. The minimum Gasteiger partial charge on any atom is -0.391 e. The van der Waals surface area contributed by atoms with Crippen molar-refractivity contribution in [3.05, 3.63) is 0 Å². The maximum Gasteiger partial charge on any atom is 0.194 e. The highest BCUT2D eigenvalue weighted by Crippen LogP contribution is 2.22. The molecule has 2 atom stereocenters. The molecule has 0 aromatic carbocycles. The summed E-state index contributed by atoms with van der Waals surface area (Å²) in [7, 11) is 1.73. The third kappa shape index (κ3) is 4.99. The molecule has 1 heterocycles. The average molecular weight is 271 g/mol. The zero-order chi connectivity index (χ0) is 14.5. The van der Waals surface area contributed by atoms with E-state index < -0.39 is 0 Å². The Morgan fingerprint density at radius 1 is 1.53 bits per heavy atom. The number of β-amino-alcohol motifs (C(OH)–C–C–N with tert-alkyl or cyclic N) is 1. The van der Waals surface area contributed by atoms with Gasteiger partial charge < -0.3 is 20.1 Å². The van der Waals surface area contributed by atoms with Gasteiger partial charge in [-0.05, 0) is 18.8 Å². The Labute approximate surface area is 117 Å². The molecule has 1 saturated heterocycles. The van der Waals surface area contributed by atoms with E-state index >= 15 is 0 Å². The average Bonchev–Trinajstić information content (AvgIpc) is 2.73. The number of nitrogens with zero attached hydrogens (tertiary/aromatic N) is 2. The molecule has 5 heteroatoms. The Kier molecular flexibility index (Phi) is 6.07. The molecule has 0 saturated carbocycles. The topological polar surface area (TPSA) is 57.1 Å². The van der Waals surface area contributed by atoms with E-state index in [4.69, 9.17) is 4.74 Å². The summed E-state index contributed by atoms with van der Waals surface area (Å²) in [6.07, 6.45) is 0.676. The summed E-state index contributed by atoms with van der Waals surface area (Å²) >= 11 is 0. The van der Waals surface area contributed by atoms with Gasteiger partial charge in [-0.3, -0.25) is 4.99 Å². The minimum atomic E-state index is -0.232. The summed E-state index contributed by atoms with van der Waals surface area (Å²) in [5.74, 6) is 0.880. The van der Waals surface area contributed by atoms with E-state index in [1.165, 1.54) is 0 Å². The normalized spacial score (nSPS) is 22.7. The number of hydrogen-bond acceptors (Lipinski definition) is 3. The molecule has 1 unspecified atom stereocenters. The third-order valence-electron chi connectivity index (χ3n) is 3.46. The van der Waals surface area contributed by atoms with Crippen molar-refractivity contribution in [3.8, 4) is 0 Å². The SMILES string of the molecule is CCNC(=NCC(OC)C(C)(C)C)N1CC[C@@H](O)C1. The molecule has 2 N–H and O–H groups in total. The highest BCUT2D eigenvalue weighted by atomic mass is 16.5. The quantitative estimate of drug-likeness (QED) is 0.593. The van der Waals surface area contributed by atoms with Crippen molar-refractivity contribution in [1.82, 2.24) is 10.2 Å². The van der Waals surface area contributed by atoms with E-state index in [1.807, 2.05) is 0 Å². The van der Waals surface area contributed by atoms with Crippen LogP contribution in [0.25, 0.3) is 0 Å². The zero-order valence-electron chi connectivity index (χ0n) is 12.9. The number of nitrogens with one attached hydrogen (secondary N) is 1. The molecule has 1 fully saturated rings. The summed E-state index contributed by atoms with van der Waals surface area (Å²) in [4.78, 5) is 6.78. The van der Waals surface area contributed by atoms with Crippen LogP contribution in [0.5, 0.6) is 0 Å². The molecule has 1 rings (SSSR count). The molecule has 5 nitrogen and oxygen atoms in total. The molecule has 0 aromatic heterocycles. The van der Waals surface area contributed by atoms with Crippen molar-refractivity contribution >= 4 is 5.96 Å². The molecule has 0 amide bonds. The fraction of sp³-hybridized carbons (Fsp3) is 0.929. The van der Waals surface area contributed by atoms with Gasteiger partial charge in [-0.1, -0.05) is 20.8 Å². The lowest BCUT2D eigenvalue weighted by Gasteiger charge is -2.29. The molecule has 1 aliphatic rings. The van der Waals surface area contributed by atoms with Crippen LogP contribution in [0.15, 0.2) is 4.99 Å². The van der Waals surface area contributed by atoms with Crippen LogP contribution in [0.2, 0.25) is 0 Å². The number of aliphatic hydroxyl groups is 1. The van der Waals surface area contributed by atoms with E-state index in [-0.39, 0.29) is 17.6 Å². The van der Waals surface area contributed by atoms with Gasteiger partial charge in [0.05, 0.1) is 18.8 Å². The van der Waals surface area contributed by atoms with Crippen molar-refractivity contribution in [2.24, 2.45) is 10.4 Å². The Morgan fingerprint density at radius 2 is 2.21 bits per heavy atom. The first-order chi connectivity index (χ1) is 8.88. The smallest absolute Gasteiger partial charge is 0.194 e. The number of aliphatic imine (C=N–C) groups is 1. The van der Waals surface area contributed by atoms with Crippen LogP contribution in [-0.2, 0) is 4.74 Å². The second-order valence-corrected chi connectivity index (χ2v) is 6.17. The van der Waals surface area contributed by atoms with Crippen LogP contribution in [-0.4, -0.2) is 61.5 Å². The summed E-state index contributed by atoms with van der Waals surface area (Å²) < 4.78 is 5.52. The maximum atomic E-state index is 9.62. The minimum absolute atomic E-state index is 0.0695. The molecular formula is C14H29N3O2. The number of aliphatic hydroxyl groups excluding tert-OH is 1. The number of guanidine groups is 1. The lowest BCUT2D eigenvalue weighted by atomic mass is 9.89. The van der Waals surface area contributed by atoms with Gasteiger partial charge in [0.1, 0.15) is 0 Å². The summed E-state index contributed by atoms with van der Waals surface area (Å²) in [5.41, 5.74) is 0.0695. The molecule has 1 aliphatic heterocycles. The monoisotopic (exact) mass is 271 g/mol. The number of likely N-dealkylation sites (tertiary alicyclic amines) is 1. The van der Waals surface area contributed by atoms with Crippen LogP contribution in [0.3, 0.4) is 0 Å². The van der Waals surface area contributed by atoms with Gasteiger partial charge in [0.15, 0.2) is 5.96 Å². The Balaban J connectivity index is 2.67. The number of ether oxygens (including phenoxy) is 1. The molecular weight excluding hydrogens is 242 g/mol. The lowest BCUT2D eigenvalue weighted by Crippen LogP contribution is -2.41. The maximum absolute atomic E-state index is 9.62. The van der Waals surface area contributed by atoms with Crippen molar-refractivity contribution in [2.75, 3.05) is 33.3 Å². The number of methoxy groups -OCH3 is 1. The fourth-order valence-corrected chi connectivity index (χ4v) is 2.23. The number of rotatable bonds is 4. The van der Waals surface area contributed by atoms with Crippen LogP contribution in [0.1, 0.15) is 34.1 Å². The Bertz CT molecular complexity index is 300. The largest absolute Gasteiger partial charge is 0.391 e. The van der Waals surface area contributed by atoms with Gasteiger partial charge >= 0.3 is 0 Å². The first kappa shape index (κ1) is 16.2. The molecule has 19 heavy (non-hydrogen) atoms. The molecule has 0 aromatic rings. The molecule has 0 radical (unpaired) electrons. The first-order valence-electron chi connectivity index (χ1n) is 7.12. The second-order valence-electron chi connectivity index (χ2n) is 6.17. The third-order valence-corrected chi connectivity index (χ3v) is 3.46. The van der Waals surface area contributed by atoms with Crippen LogP contribution < -0.4 is 5.32 Å². The predicted octanol–water partition coefficient (Wildman–Crippen LogP) is 1.08. The van der Waals surface area contributed by atoms with Gasteiger partial charge in [0.2, 0.25) is 0 Å². The van der Waals surface area contributed by atoms with Gasteiger partial charge in [0.25, 0.3) is 0 Å². The van der Waals surface area contributed by atoms with Gasteiger partial charge in [-0.25, -0.2) is 0 Å². The molecule has 0 spiro atoms. The summed E-state index contributed by atoms with van der Waals surface area (Å²) in [6, 6.07) is 0. The predicted molar refractivity (Wildman–Crippen MR) is 78.4 cm³/mol. The standard InChI is InChI=1S/C14H29N3O2/c1-6-15-13(17-8-7-11(18)10-17)16-9-12(19-5)14(2,3)4/h11-12,18H,6-10H2,1-5H3,(H,15,16)/t11-,12?/m1/s1. The van der Waals surface area contributed by atoms with Gasteiger partial charge in [0, 0.05) is 26.7 Å². The van der Waals surface area contributed by atoms with E-state index in [9.17, 15) is 5.11 Å². The molecule has 0 bridgehead atoms. The highest BCUT2D eigenvalue weighted by molar-refractivity contribution is 5.80. The second kappa shape index (κ2) is 7.10. The van der Waals surface area contributed by atoms with E-state index in [2.05, 4.69) is 42.9 Å². The summed E-state index contributed by atoms with van der Waals surface area (Å²) in [5, 5.41) is 12.9. The first-order valence-corrected chi connectivity index (χ1v) is 7.12. The van der Waals surface area contributed by atoms with Crippen LogP contribution in [0.4, 0.5) is 0 Å². The molecule has 112 valence electrons. The van der Waals surface area contributed by atoms with Crippen LogP contribution >= 0.6 is 0 Å².